The van der Waals surface area contributed by atoms with Gasteiger partial charge in [-0.05, 0) is 48.2 Å². The van der Waals surface area contributed by atoms with Gasteiger partial charge in [-0.3, -0.25) is 0 Å². The van der Waals surface area contributed by atoms with E-state index in [2.05, 4.69) is 0 Å². The van der Waals surface area contributed by atoms with E-state index in [9.17, 15) is 9.59 Å². The molecule has 2 aromatic rings. The van der Waals surface area contributed by atoms with Gasteiger partial charge in [0.15, 0.2) is 0 Å². The molecule has 166 valence electrons. The second kappa shape index (κ2) is 17.0. The first kappa shape index (κ1) is 29.3. The molecule has 4 heteroatoms. The summed E-state index contributed by atoms with van der Waals surface area (Å²) in [5.74, 6) is -0.711. The molecular weight excluding hydrogens is 376 g/mol. The lowest BCUT2D eigenvalue weighted by Crippen LogP contribution is -2.04. The van der Waals surface area contributed by atoms with E-state index in [4.69, 9.17) is 9.47 Å². The van der Waals surface area contributed by atoms with Gasteiger partial charge in [0, 0.05) is 0 Å². The standard InChI is InChI=1S/C20H20O4.3C2H6/c1-13-5-7-15(11-17(13)19(21)23-3)9-10-16-8-6-14(2)18(12-16)20(22)24-4;3*1-2/h5-12H,1-4H3;3*1-2H3/b10-9+;;;. The predicted molar refractivity (Wildman–Crippen MR) is 128 cm³/mol. The monoisotopic (exact) mass is 414 g/mol. The SMILES string of the molecule is CC.CC.CC.COC(=O)c1cc(/C=C/c2ccc(C)c(C(=O)OC)c2)ccc1C. The van der Waals surface area contributed by atoms with Crippen LogP contribution < -0.4 is 0 Å². The van der Waals surface area contributed by atoms with Crippen molar-refractivity contribution in [2.24, 2.45) is 0 Å². The molecule has 0 N–H and O–H groups in total. The summed E-state index contributed by atoms with van der Waals surface area (Å²) >= 11 is 0. The van der Waals surface area contributed by atoms with Crippen LogP contribution in [-0.2, 0) is 9.47 Å². The largest absolute Gasteiger partial charge is 0.465 e. The molecule has 0 saturated heterocycles. The molecule has 0 unspecified atom stereocenters. The van der Waals surface area contributed by atoms with Gasteiger partial charge in [0.1, 0.15) is 0 Å². The van der Waals surface area contributed by atoms with Crippen molar-refractivity contribution in [3.05, 3.63) is 69.8 Å². The minimum atomic E-state index is -0.355. The smallest absolute Gasteiger partial charge is 0.338 e. The Hall–Kier alpha value is -2.88. The van der Waals surface area contributed by atoms with Gasteiger partial charge >= 0.3 is 11.9 Å². The van der Waals surface area contributed by atoms with Crippen molar-refractivity contribution < 1.29 is 19.1 Å². The average molecular weight is 415 g/mol. The number of carbonyl (C=O) groups excluding carboxylic acids is 2. The summed E-state index contributed by atoms with van der Waals surface area (Å²) in [6, 6.07) is 11.2. The average Bonchev–Trinajstić information content (AvgIpc) is 2.82. The second-order valence-electron chi connectivity index (χ2n) is 5.47. The molecular formula is C26H38O4. The molecule has 0 atom stereocenters. The molecule has 4 nitrogen and oxygen atoms in total. The molecule has 0 aromatic heterocycles. The zero-order valence-corrected chi connectivity index (χ0v) is 20.3. The van der Waals surface area contributed by atoms with Crippen LogP contribution in [0.3, 0.4) is 0 Å². The van der Waals surface area contributed by atoms with Crippen molar-refractivity contribution >= 4 is 24.1 Å². The van der Waals surface area contributed by atoms with Crippen molar-refractivity contribution in [1.82, 2.24) is 0 Å². The van der Waals surface area contributed by atoms with Crippen molar-refractivity contribution in [2.75, 3.05) is 14.2 Å². The van der Waals surface area contributed by atoms with E-state index in [1.807, 2.05) is 91.8 Å². The topological polar surface area (TPSA) is 52.6 Å². The van der Waals surface area contributed by atoms with Crippen molar-refractivity contribution in [3.8, 4) is 0 Å². The van der Waals surface area contributed by atoms with E-state index in [-0.39, 0.29) is 11.9 Å². The highest BCUT2D eigenvalue weighted by molar-refractivity contribution is 5.93. The van der Waals surface area contributed by atoms with E-state index in [0.717, 1.165) is 22.3 Å². The van der Waals surface area contributed by atoms with Gasteiger partial charge < -0.3 is 9.47 Å². The van der Waals surface area contributed by atoms with E-state index in [1.165, 1.54) is 14.2 Å². The number of hydrogen-bond donors (Lipinski definition) is 0. The third-order valence-corrected chi connectivity index (χ3v) is 3.80. The minimum Gasteiger partial charge on any atom is -0.465 e. The molecule has 0 saturated carbocycles. The van der Waals surface area contributed by atoms with Crippen molar-refractivity contribution in [3.63, 3.8) is 0 Å². The lowest BCUT2D eigenvalue weighted by Gasteiger charge is -2.06. The molecule has 0 amide bonds. The van der Waals surface area contributed by atoms with Crippen LogP contribution in [0.5, 0.6) is 0 Å². The molecule has 0 aliphatic heterocycles. The molecule has 0 aliphatic rings. The Balaban J connectivity index is 0. The lowest BCUT2D eigenvalue weighted by atomic mass is 10.0. The molecule has 30 heavy (non-hydrogen) atoms. The predicted octanol–water partition coefficient (Wildman–Crippen LogP) is 7.13. The van der Waals surface area contributed by atoms with E-state index < -0.39 is 0 Å². The first-order chi connectivity index (χ1) is 14.5. The Morgan fingerprint density at radius 1 is 0.633 bits per heavy atom. The number of ether oxygens (including phenoxy) is 2. The number of carbonyl (C=O) groups is 2. The maximum atomic E-state index is 11.8. The highest BCUT2D eigenvalue weighted by Gasteiger charge is 2.10. The van der Waals surface area contributed by atoms with Gasteiger partial charge in [0.25, 0.3) is 0 Å². The summed E-state index contributed by atoms with van der Waals surface area (Å²) in [5, 5.41) is 0. The number of esters is 2. The Bertz CT molecular complexity index is 737. The van der Waals surface area contributed by atoms with Gasteiger partial charge in [-0.2, -0.15) is 0 Å². The van der Waals surface area contributed by atoms with Gasteiger partial charge in [0.2, 0.25) is 0 Å². The Morgan fingerprint density at radius 3 is 1.20 bits per heavy atom. The number of methoxy groups -OCH3 is 2. The molecule has 0 fully saturated rings. The van der Waals surface area contributed by atoms with Gasteiger partial charge in [0.05, 0.1) is 25.3 Å². The number of benzene rings is 2. The van der Waals surface area contributed by atoms with E-state index in [0.29, 0.717) is 11.1 Å². The number of aryl methyl sites for hydroxylation is 2. The van der Waals surface area contributed by atoms with Crippen molar-refractivity contribution in [1.29, 1.82) is 0 Å². The van der Waals surface area contributed by atoms with Crippen LogP contribution >= 0.6 is 0 Å². The lowest BCUT2D eigenvalue weighted by molar-refractivity contribution is 0.0591. The first-order valence-electron chi connectivity index (χ1n) is 10.5. The van der Waals surface area contributed by atoms with Crippen LogP contribution in [0.1, 0.15) is 84.5 Å². The minimum absolute atomic E-state index is 0.355. The zero-order chi connectivity index (χ0) is 23.7. The number of rotatable bonds is 4. The summed E-state index contributed by atoms with van der Waals surface area (Å²) in [4.78, 5) is 23.5. The fourth-order valence-electron chi connectivity index (χ4n) is 2.34. The van der Waals surface area contributed by atoms with Crippen LogP contribution in [0.15, 0.2) is 36.4 Å². The fourth-order valence-corrected chi connectivity index (χ4v) is 2.34. The third kappa shape index (κ3) is 9.08. The van der Waals surface area contributed by atoms with Crippen LogP contribution in [0, 0.1) is 13.8 Å². The highest BCUT2D eigenvalue weighted by Crippen LogP contribution is 2.17. The Morgan fingerprint density at radius 2 is 0.933 bits per heavy atom. The summed E-state index contributed by atoms with van der Waals surface area (Å²) in [7, 11) is 2.73. The van der Waals surface area contributed by atoms with Crippen LogP contribution in [0.25, 0.3) is 12.2 Å². The van der Waals surface area contributed by atoms with Crippen LogP contribution in [-0.4, -0.2) is 26.2 Å². The van der Waals surface area contributed by atoms with Crippen LogP contribution in [0.4, 0.5) is 0 Å². The van der Waals surface area contributed by atoms with Crippen molar-refractivity contribution in [2.45, 2.75) is 55.4 Å². The van der Waals surface area contributed by atoms with Gasteiger partial charge in [-0.15, -0.1) is 0 Å². The highest BCUT2D eigenvalue weighted by atomic mass is 16.5. The summed E-state index contributed by atoms with van der Waals surface area (Å²) < 4.78 is 9.58. The summed E-state index contributed by atoms with van der Waals surface area (Å²) in [5.41, 5.74) is 4.56. The van der Waals surface area contributed by atoms with E-state index in [1.54, 1.807) is 12.1 Å². The normalized spacial score (nSPS) is 9.13. The number of hydrogen-bond acceptors (Lipinski definition) is 4. The second-order valence-corrected chi connectivity index (χ2v) is 5.47. The van der Waals surface area contributed by atoms with Gasteiger partial charge in [-0.25, -0.2) is 9.59 Å². The maximum absolute atomic E-state index is 11.8. The zero-order valence-electron chi connectivity index (χ0n) is 20.3. The van der Waals surface area contributed by atoms with Gasteiger partial charge in [-0.1, -0.05) is 78.0 Å². The molecule has 0 spiro atoms. The molecule has 0 bridgehead atoms. The molecule has 2 aromatic carbocycles. The molecule has 0 radical (unpaired) electrons. The first-order valence-corrected chi connectivity index (χ1v) is 10.5. The Kier molecular flexibility index (Phi) is 16.6. The molecule has 0 aliphatic carbocycles. The third-order valence-electron chi connectivity index (χ3n) is 3.80. The fraction of sp³-hybridized carbons (Fsp3) is 0.385. The van der Waals surface area contributed by atoms with Crippen LogP contribution in [0.2, 0.25) is 0 Å². The summed E-state index contributed by atoms with van der Waals surface area (Å²) in [6.07, 6.45) is 3.77. The molecule has 0 heterocycles. The molecule has 2 rings (SSSR count). The van der Waals surface area contributed by atoms with E-state index >= 15 is 0 Å². The quantitative estimate of drug-likeness (QED) is 0.394. The Labute approximate surface area is 182 Å². The summed E-state index contributed by atoms with van der Waals surface area (Å²) in [6.45, 7) is 15.7. The maximum Gasteiger partial charge on any atom is 0.338 e.